The number of hydrogen-bond donors (Lipinski definition) is 1. The molecule has 0 aromatic rings. The first kappa shape index (κ1) is 19.1. The van der Waals surface area contributed by atoms with E-state index in [0.29, 0.717) is 58.1 Å². The van der Waals surface area contributed by atoms with Crippen molar-refractivity contribution >= 4 is 0 Å². The normalized spacial score (nSPS) is 12.4. The lowest BCUT2D eigenvalue weighted by Gasteiger charge is -2.17. The van der Waals surface area contributed by atoms with Crippen molar-refractivity contribution in [1.29, 1.82) is 0 Å². The summed E-state index contributed by atoms with van der Waals surface area (Å²) in [7, 11) is 0. The lowest BCUT2D eigenvalue weighted by molar-refractivity contribution is 0.0162. The van der Waals surface area contributed by atoms with Gasteiger partial charge in [-0.3, -0.25) is 0 Å². The summed E-state index contributed by atoms with van der Waals surface area (Å²) in [4.78, 5) is 2.63. The first-order valence-electron chi connectivity index (χ1n) is 7.16. The summed E-state index contributed by atoms with van der Waals surface area (Å²) in [5.74, 6) is 0.636. The van der Waals surface area contributed by atoms with Gasteiger partial charge in [-0.2, -0.15) is 0 Å². The molecular weight excluding hydrogens is 260 g/mol. The van der Waals surface area contributed by atoms with Crippen molar-refractivity contribution in [3.63, 3.8) is 0 Å². The van der Waals surface area contributed by atoms with Crippen LogP contribution in [0.3, 0.4) is 0 Å². The quantitative estimate of drug-likeness (QED) is 0.229. The van der Waals surface area contributed by atoms with Gasteiger partial charge >= 0.3 is 0 Å². The molecule has 0 aromatic carbocycles. The van der Waals surface area contributed by atoms with Gasteiger partial charge in [-0.15, -0.1) is 0 Å². The Kier molecular flexibility index (Phi) is 13.9. The molecule has 0 unspecified atom stereocenters. The number of rotatable bonds is 14. The van der Waals surface area contributed by atoms with Crippen molar-refractivity contribution in [2.45, 2.75) is 26.8 Å². The van der Waals surface area contributed by atoms with Gasteiger partial charge in [-0.05, 0) is 18.4 Å². The molecule has 1 N–H and O–H groups in total. The summed E-state index contributed by atoms with van der Waals surface area (Å²) >= 11 is 0. The van der Waals surface area contributed by atoms with Crippen LogP contribution >= 0.6 is 0 Å². The van der Waals surface area contributed by atoms with E-state index in [9.17, 15) is 0 Å². The number of ether oxygens (including phenoxy) is 3. The maximum atomic E-state index is 8.04. The van der Waals surface area contributed by atoms with Crippen molar-refractivity contribution in [3.05, 3.63) is 10.4 Å². The van der Waals surface area contributed by atoms with E-state index in [4.69, 9.17) is 19.7 Å². The smallest absolute Gasteiger partial charge is 0.0701 e. The highest BCUT2D eigenvalue weighted by atomic mass is 16.5. The van der Waals surface area contributed by atoms with Gasteiger partial charge in [0, 0.05) is 24.0 Å². The summed E-state index contributed by atoms with van der Waals surface area (Å²) < 4.78 is 16.0. The Labute approximate surface area is 121 Å². The Balaban J connectivity index is 3.08. The molecule has 7 heteroatoms. The van der Waals surface area contributed by atoms with Gasteiger partial charge in [0.2, 0.25) is 0 Å². The summed E-state index contributed by atoms with van der Waals surface area (Å²) in [6.07, 6.45) is 0. The van der Waals surface area contributed by atoms with Crippen LogP contribution < -0.4 is 5.32 Å². The van der Waals surface area contributed by atoms with Gasteiger partial charge < -0.3 is 19.5 Å². The average molecular weight is 288 g/mol. The summed E-state index contributed by atoms with van der Waals surface area (Å²) in [5.41, 5.74) is 8.04. The molecule has 20 heavy (non-hydrogen) atoms. The Morgan fingerprint density at radius 3 is 2.05 bits per heavy atom. The van der Waals surface area contributed by atoms with Crippen LogP contribution in [0.4, 0.5) is 0 Å². The lowest BCUT2D eigenvalue weighted by Crippen LogP contribution is -2.33. The van der Waals surface area contributed by atoms with E-state index in [1.54, 1.807) is 0 Å². The third-order valence-corrected chi connectivity index (χ3v) is 2.86. The summed E-state index contributed by atoms with van der Waals surface area (Å²) in [5, 5.41) is 6.76. The molecule has 0 rings (SSSR count). The monoisotopic (exact) mass is 288 g/mol. The summed E-state index contributed by atoms with van der Waals surface area (Å²) in [6.45, 7) is 11.1. The second-order valence-corrected chi connectivity index (χ2v) is 4.78. The highest BCUT2D eigenvalue weighted by molar-refractivity contribution is 4.63. The van der Waals surface area contributed by atoms with E-state index in [-0.39, 0.29) is 0 Å². The molecule has 0 aromatic heterocycles. The number of azide groups is 1. The zero-order valence-corrected chi connectivity index (χ0v) is 12.9. The highest BCUT2D eigenvalue weighted by Gasteiger charge is 2.04. The van der Waals surface area contributed by atoms with E-state index in [2.05, 4.69) is 36.1 Å². The molecule has 0 aliphatic carbocycles. The van der Waals surface area contributed by atoms with E-state index >= 15 is 0 Å². The fourth-order valence-electron chi connectivity index (χ4n) is 1.29. The average Bonchev–Trinajstić information content (AvgIpc) is 2.43. The minimum absolute atomic E-state index is 0.363. The maximum Gasteiger partial charge on any atom is 0.0701 e. The second-order valence-electron chi connectivity index (χ2n) is 4.78. The topological polar surface area (TPSA) is 88.5 Å². The maximum absolute atomic E-state index is 8.04. The van der Waals surface area contributed by atoms with Gasteiger partial charge in [-0.25, -0.2) is 0 Å². The van der Waals surface area contributed by atoms with Crippen molar-refractivity contribution in [2.24, 2.45) is 11.0 Å². The van der Waals surface area contributed by atoms with Gasteiger partial charge in [0.1, 0.15) is 0 Å². The Bertz CT molecular complexity index is 258. The fraction of sp³-hybridized carbons (Fsp3) is 1.00. The van der Waals surface area contributed by atoms with Crippen LogP contribution in [-0.4, -0.2) is 58.8 Å². The van der Waals surface area contributed by atoms with Gasteiger partial charge in [0.25, 0.3) is 0 Å². The molecule has 0 spiro atoms. The Hall–Kier alpha value is -0.850. The highest BCUT2D eigenvalue weighted by Crippen LogP contribution is 1.98. The lowest BCUT2D eigenvalue weighted by atomic mass is 10.1. The van der Waals surface area contributed by atoms with E-state index in [1.165, 1.54) is 0 Å². The van der Waals surface area contributed by atoms with Crippen LogP contribution in [0.5, 0.6) is 0 Å². The molecule has 0 aliphatic heterocycles. The molecule has 0 bridgehead atoms. The SMILES string of the molecule is CC(C)[C@H](C)NCCOCCOCCOCCN=[N+]=[N-]. The minimum Gasteiger partial charge on any atom is -0.379 e. The third-order valence-electron chi connectivity index (χ3n) is 2.86. The van der Waals surface area contributed by atoms with Crippen LogP contribution in [0.25, 0.3) is 10.4 Å². The number of hydrogen-bond acceptors (Lipinski definition) is 5. The molecule has 118 valence electrons. The zero-order valence-electron chi connectivity index (χ0n) is 12.9. The Morgan fingerprint density at radius 1 is 0.950 bits per heavy atom. The van der Waals surface area contributed by atoms with Crippen LogP contribution in [0.1, 0.15) is 20.8 Å². The molecule has 0 heterocycles. The molecule has 0 saturated carbocycles. The Morgan fingerprint density at radius 2 is 1.50 bits per heavy atom. The largest absolute Gasteiger partial charge is 0.379 e. The first-order chi connectivity index (χ1) is 9.68. The molecule has 7 nitrogen and oxygen atoms in total. The van der Waals surface area contributed by atoms with Crippen molar-refractivity contribution in [2.75, 3.05) is 52.7 Å². The predicted molar refractivity (Wildman–Crippen MR) is 78.8 cm³/mol. The number of nitrogens with one attached hydrogen (secondary N) is 1. The molecule has 0 amide bonds. The van der Waals surface area contributed by atoms with Crippen LogP contribution in [0.2, 0.25) is 0 Å². The molecule has 0 radical (unpaired) electrons. The van der Waals surface area contributed by atoms with Crippen molar-refractivity contribution in [1.82, 2.24) is 5.32 Å². The van der Waals surface area contributed by atoms with Crippen LogP contribution in [0.15, 0.2) is 5.11 Å². The van der Waals surface area contributed by atoms with E-state index in [1.807, 2.05) is 0 Å². The van der Waals surface area contributed by atoms with Crippen molar-refractivity contribution in [3.8, 4) is 0 Å². The van der Waals surface area contributed by atoms with Crippen LogP contribution in [0, 0.1) is 5.92 Å². The molecule has 1 atom stereocenters. The third kappa shape index (κ3) is 13.6. The minimum atomic E-state index is 0.363. The molecule has 0 aliphatic rings. The molecular formula is C13H28N4O3. The predicted octanol–water partition coefficient (Wildman–Crippen LogP) is 1.98. The summed E-state index contributed by atoms with van der Waals surface area (Å²) in [6, 6.07) is 0.511. The van der Waals surface area contributed by atoms with E-state index in [0.717, 1.165) is 6.54 Å². The molecule has 0 fully saturated rings. The zero-order chi connectivity index (χ0) is 15.1. The van der Waals surface area contributed by atoms with Gasteiger partial charge in [0.05, 0.1) is 39.6 Å². The van der Waals surface area contributed by atoms with E-state index < -0.39 is 0 Å². The number of nitrogens with zero attached hydrogens (tertiary/aromatic N) is 3. The fourth-order valence-corrected chi connectivity index (χ4v) is 1.29. The van der Waals surface area contributed by atoms with Gasteiger partial charge in [0.15, 0.2) is 0 Å². The van der Waals surface area contributed by atoms with Gasteiger partial charge in [-0.1, -0.05) is 19.0 Å². The second kappa shape index (κ2) is 14.6. The van der Waals surface area contributed by atoms with Crippen LogP contribution in [-0.2, 0) is 14.2 Å². The molecule has 0 saturated heterocycles. The standard InChI is InChI=1S/C13H28N4O3/c1-12(2)13(3)15-4-6-18-8-10-20-11-9-19-7-5-16-17-14/h12-13,15H,4-11H2,1-3H3/t13-/m0/s1. The first-order valence-corrected chi connectivity index (χ1v) is 7.16. The van der Waals surface area contributed by atoms with Crippen molar-refractivity contribution < 1.29 is 14.2 Å².